The molecule has 0 aliphatic rings. The molecule has 1 aromatic rings. The van der Waals surface area contributed by atoms with E-state index >= 15 is 0 Å². The number of aromatic carboxylic acids is 1. The third kappa shape index (κ3) is 3.54. The van der Waals surface area contributed by atoms with Gasteiger partial charge in [-0.25, -0.2) is 17.9 Å². The summed E-state index contributed by atoms with van der Waals surface area (Å²) >= 11 is 0. The molecule has 0 heterocycles. The molecule has 0 spiro atoms. The zero-order valence-electron chi connectivity index (χ0n) is 11.5. The highest BCUT2D eigenvalue weighted by atomic mass is 32.2. The second kappa shape index (κ2) is 5.71. The van der Waals surface area contributed by atoms with Gasteiger partial charge in [-0.05, 0) is 50.5 Å². The van der Waals surface area contributed by atoms with E-state index in [1.54, 1.807) is 20.8 Å². The zero-order valence-corrected chi connectivity index (χ0v) is 12.3. The minimum atomic E-state index is -3.69. The lowest BCUT2D eigenvalue weighted by Crippen LogP contribution is -2.32. The summed E-state index contributed by atoms with van der Waals surface area (Å²) in [6, 6.07) is 2.48. The molecule has 0 radical (unpaired) electrons. The van der Waals surface area contributed by atoms with Crippen LogP contribution in [0.5, 0.6) is 0 Å². The Morgan fingerprint density at radius 3 is 2.42 bits per heavy atom. The molecule has 106 valence electrons. The number of rotatable bonds is 5. The number of hydrogen-bond donors (Lipinski definition) is 2. The summed E-state index contributed by atoms with van der Waals surface area (Å²) in [4.78, 5) is 11.0. The van der Waals surface area contributed by atoms with Crippen LogP contribution in [0.3, 0.4) is 0 Å². The van der Waals surface area contributed by atoms with Gasteiger partial charge in [0.05, 0.1) is 10.5 Å². The van der Waals surface area contributed by atoms with Crippen LogP contribution in [0, 0.1) is 13.8 Å². The fourth-order valence-corrected chi connectivity index (χ4v) is 3.31. The first-order valence-corrected chi connectivity index (χ1v) is 7.54. The second-order valence-corrected chi connectivity index (χ2v) is 6.33. The Labute approximate surface area is 113 Å². The van der Waals surface area contributed by atoms with Gasteiger partial charge in [-0.2, -0.15) is 0 Å². The quantitative estimate of drug-likeness (QED) is 0.867. The lowest BCUT2D eigenvalue weighted by molar-refractivity contribution is 0.0696. The van der Waals surface area contributed by atoms with E-state index in [0.717, 1.165) is 0 Å². The van der Waals surface area contributed by atoms with Gasteiger partial charge < -0.3 is 5.11 Å². The fraction of sp³-hybridized carbons (Fsp3) is 0.462. The van der Waals surface area contributed by atoms with Crippen molar-refractivity contribution >= 4 is 16.0 Å². The van der Waals surface area contributed by atoms with Crippen molar-refractivity contribution < 1.29 is 18.3 Å². The smallest absolute Gasteiger partial charge is 0.335 e. The third-order valence-corrected chi connectivity index (χ3v) is 4.84. The number of carbonyl (C=O) groups is 1. The molecule has 19 heavy (non-hydrogen) atoms. The van der Waals surface area contributed by atoms with E-state index in [0.29, 0.717) is 17.5 Å². The van der Waals surface area contributed by atoms with Crippen molar-refractivity contribution in [1.82, 2.24) is 4.72 Å². The van der Waals surface area contributed by atoms with Crippen molar-refractivity contribution in [1.29, 1.82) is 0 Å². The van der Waals surface area contributed by atoms with Gasteiger partial charge in [0, 0.05) is 6.04 Å². The summed E-state index contributed by atoms with van der Waals surface area (Å²) in [7, 11) is -3.69. The van der Waals surface area contributed by atoms with E-state index in [-0.39, 0.29) is 16.5 Å². The predicted molar refractivity (Wildman–Crippen MR) is 72.9 cm³/mol. The summed E-state index contributed by atoms with van der Waals surface area (Å²) < 4.78 is 27.0. The molecule has 1 aromatic carbocycles. The lowest BCUT2D eigenvalue weighted by atomic mass is 10.1. The summed E-state index contributed by atoms with van der Waals surface area (Å²) in [6.45, 7) is 7.01. The topological polar surface area (TPSA) is 83.5 Å². The molecule has 0 saturated heterocycles. The fourth-order valence-electron chi connectivity index (χ4n) is 1.64. The van der Waals surface area contributed by atoms with Crippen LogP contribution in [0.15, 0.2) is 17.0 Å². The number of hydrogen-bond acceptors (Lipinski definition) is 3. The summed E-state index contributed by atoms with van der Waals surface area (Å²) in [5, 5.41) is 9.00. The van der Waals surface area contributed by atoms with Crippen LogP contribution in [-0.2, 0) is 10.0 Å². The van der Waals surface area contributed by atoms with Gasteiger partial charge in [-0.3, -0.25) is 0 Å². The zero-order chi connectivity index (χ0) is 14.8. The van der Waals surface area contributed by atoms with Crippen molar-refractivity contribution in [2.45, 2.75) is 45.1 Å². The summed E-state index contributed by atoms with van der Waals surface area (Å²) in [6.07, 6.45) is 0.663. The highest BCUT2D eigenvalue weighted by molar-refractivity contribution is 7.89. The average molecular weight is 285 g/mol. The van der Waals surface area contributed by atoms with E-state index < -0.39 is 16.0 Å². The van der Waals surface area contributed by atoms with Crippen LogP contribution in [0.2, 0.25) is 0 Å². The standard InChI is InChI=1S/C13H19NO4S/c1-5-9(3)14-19(17,18)12-7-11(13(15)16)6-8(2)10(12)4/h6-7,9,14H,5H2,1-4H3,(H,15,16). The van der Waals surface area contributed by atoms with E-state index in [1.165, 1.54) is 12.1 Å². The molecule has 0 aliphatic carbocycles. The van der Waals surface area contributed by atoms with Gasteiger partial charge in [0.25, 0.3) is 0 Å². The van der Waals surface area contributed by atoms with Crippen molar-refractivity contribution in [3.8, 4) is 0 Å². The van der Waals surface area contributed by atoms with Crippen LogP contribution in [0.25, 0.3) is 0 Å². The first-order chi connectivity index (χ1) is 8.69. The summed E-state index contributed by atoms with van der Waals surface area (Å²) in [5.74, 6) is -1.14. The Kier molecular flexibility index (Phi) is 4.70. The largest absolute Gasteiger partial charge is 0.478 e. The molecule has 0 bridgehead atoms. The highest BCUT2D eigenvalue weighted by Gasteiger charge is 2.21. The molecule has 0 fully saturated rings. The molecule has 5 nitrogen and oxygen atoms in total. The average Bonchev–Trinajstić information content (AvgIpc) is 2.31. The Morgan fingerprint density at radius 2 is 1.95 bits per heavy atom. The van der Waals surface area contributed by atoms with Crippen LogP contribution < -0.4 is 4.72 Å². The number of carboxylic acids is 1. The molecule has 0 aromatic heterocycles. The van der Waals surface area contributed by atoms with E-state index in [9.17, 15) is 13.2 Å². The monoisotopic (exact) mass is 285 g/mol. The van der Waals surface area contributed by atoms with Gasteiger partial charge in [0.2, 0.25) is 10.0 Å². The number of carboxylic acid groups (broad SMARTS) is 1. The van der Waals surface area contributed by atoms with Crippen molar-refractivity contribution in [2.75, 3.05) is 0 Å². The first-order valence-electron chi connectivity index (χ1n) is 6.06. The van der Waals surface area contributed by atoms with Crippen LogP contribution in [-0.4, -0.2) is 25.5 Å². The number of benzene rings is 1. The van der Waals surface area contributed by atoms with Crippen LogP contribution in [0.4, 0.5) is 0 Å². The Balaban J connectivity index is 3.37. The Morgan fingerprint density at radius 1 is 1.37 bits per heavy atom. The van der Waals surface area contributed by atoms with Gasteiger partial charge in [0.1, 0.15) is 0 Å². The number of sulfonamides is 1. The SMILES string of the molecule is CCC(C)NS(=O)(=O)c1cc(C(=O)O)cc(C)c1C. The summed E-state index contributed by atoms with van der Waals surface area (Å²) in [5.41, 5.74) is 1.19. The van der Waals surface area contributed by atoms with Crippen LogP contribution in [0.1, 0.15) is 41.8 Å². The Hall–Kier alpha value is -1.40. The molecule has 1 atom stereocenters. The molecular weight excluding hydrogens is 266 g/mol. The predicted octanol–water partition coefficient (Wildman–Crippen LogP) is 2.08. The van der Waals surface area contributed by atoms with Crippen molar-refractivity contribution in [2.24, 2.45) is 0 Å². The van der Waals surface area contributed by atoms with Crippen LogP contribution >= 0.6 is 0 Å². The molecule has 6 heteroatoms. The van der Waals surface area contributed by atoms with Gasteiger partial charge in [-0.1, -0.05) is 6.92 Å². The van der Waals surface area contributed by atoms with Crippen molar-refractivity contribution in [3.63, 3.8) is 0 Å². The maximum atomic E-state index is 12.2. The minimum Gasteiger partial charge on any atom is -0.478 e. The normalized spacial score (nSPS) is 13.3. The van der Waals surface area contributed by atoms with Crippen molar-refractivity contribution in [3.05, 3.63) is 28.8 Å². The molecule has 2 N–H and O–H groups in total. The first kappa shape index (κ1) is 15.7. The molecule has 0 amide bonds. The second-order valence-electron chi connectivity index (χ2n) is 4.65. The molecule has 1 unspecified atom stereocenters. The van der Waals surface area contributed by atoms with Gasteiger partial charge in [0.15, 0.2) is 0 Å². The van der Waals surface area contributed by atoms with Gasteiger partial charge in [-0.15, -0.1) is 0 Å². The highest BCUT2D eigenvalue weighted by Crippen LogP contribution is 2.21. The molecule has 0 aliphatic heterocycles. The molecule has 1 rings (SSSR count). The molecule has 0 saturated carbocycles. The third-order valence-electron chi connectivity index (χ3n) is 3.12. The van der Waals surface area contributed by atoms with Gasteiger partial charge >= 0.3 is 5.97 Å². The minimum absolute atomic E-state index is 0.0207. The maximum Gasteiger partial charge on any atom is 0.335 e. The van der Waals surface area contributed by atoms with E-state index in [2.05, 4.69) is 4.72 Å². The van der Waals surface area contributed by atoms with E-state index in [4.69, 9.17) is 5.11 Å². The Bertz CT molecular complexity index is 593. The number of aryl methyl sites for hydroxylation is 1. The lowest BCUT2D eigenvalue weighted by Gasteiger charge is -2.15. The van der Waals surface area contributed by atoms with E-state index in [1.807, 2.05) is 6.92 Å². The number of nitrogens with one attached hydrogen (secondary N) is 1. The molecular formula is C13H19NO4S. The maximum absolute atomic E-state index is 12.2.